The number of fused-ring (bicyclic) bond motifs is 1. The molecule has 0 spiro atoms. The molecule has 0 saturated heterocycles. The lowest BCUT2D eigenvalue weighted by molar-refractivity contribution is 0.164. The second-order valence-corrected chi connectivity index (χ2v) is 9.32. The van der Waals surface area contributed by atoms with E-state index in [0.29, 0.717) is 25.7 Å². The van der Waals surface area contributed by atoms with Crippen molar-refractivity contribution in [1.82, 2.24) is 30.1 Å². The second-order valence-electron chi connectivity index (χ2n) is 9.32. The molecule has 1 aliphatic carbocycles. The molecule has 1 aromatic carbocycles. The Labute approximate surface area is 189 Å². The lowest BCUT2D eigenvalue weighted by Gasteiger charge is -2.30. The summed E-state index contributed by atoms with van der Waals surface area (Å²) in [5.41, 5.74) is 1.38. The molecule has 0 unspecified atom stereocenters. The van der Waals surface area contributed by atoms with Crippen LogP contribution in [0.15, 0.2) is 29.1 Å². The van der Waals surface area contributed by atoms with Gasteiger partial charge >= 0.3 is 0 Å². The van der Waals surface area contributed by atoms with Gasteiger partial charge in [-0.15, -0.1) is 5.10 Å². The van der Waals surface area contributed by atoms with Crippen molar-refractivity contribution in [1.29, 1.82) is 0 Å². The van der Waals surface area contributed by atoms with E-state index in [2.05, 4.69) is 46.2 Å². The Balaban J connectivity index is 1.65. The Hall–Kier alpha value is -2.74. The molecule has 0 amide bonds. The van der Waals surface area contributed by atoms with Crippen LogP contribution in [0, 0.1) is 0 Å². The zero-order valence-corrected chi connectivity index (χ0v) is 19.6. The topological polar surface area (TPSA) is 88.9 Å². The molecule has 4 rings (SSSR count). The summed E-state index contributed by atoms with van der Waals surface area (Å²) in [4.78, 5) is 18.3. The smallest absolute Gasteiger partial charge is 0.252 e. The predicted octanol–water partition coefficient (Wildman–Crippen LogP) is 4.00. The molecule has 8 heteroatoms. The molecule has 1 N–H and O–H groups in total. The van der Waals surface area contributed by atoms with Crippen LogP contribution in [0.1, 0.15) is 71.2 Å². The minimum Gasteiger partial charge on any atom is -0.494 e. The van der Waals surface area contributed by atoms with Crippen LogP contribution >= 0.6 is 0 Å². The first kappa shape index (κ1) is 22.5. The average Bonchev–Trinajstić information content (AvgIpc) is 3.46. The third-order valence-corrected chi connectivity index (χ3v) is 6.74. The molecule has 3 aromatic rings. The van der Waals surface area contributed by atoms with Gasteiger partial charge in [0.1, 0.15) is 5.75 Å². The number of aromatic nitrogens is 5. The van der Waals surface area contributed by atoms with Crippen molar-refractivity contribution in [2.24, 2.45) is 0 Å². The fourth-order valence-electron chi connectivity index (χ4n) is 4.51. The Bertz CT molecular complexity index is 1110. The minimum atomic E-state index is -0.156. The normalized spacial score (nSPS) is 15.2. The number of hydrogen-bond acceptors (Lipinski definition) is 6. The van der Waals surface area contributed by atoms with Crippen molar-refractivity contribution < 1.29 is 4.74 Å². The fraction of sp³-hybridized carbons (Fsp3) is 0.583. The largest absolute Gasteiger partial charge is 0.494 e. The van der Waals surface area contributed by atoms with Crippen LogP contribution in [-0.4, -0.2) is 42.7 Å². The van der Waals surface area contributed by atoms with Gasteiger partial charge in [-0.05, 0) is 74.7 Å². The van der Waals surface area contributed by atoms with Crippen LogP contribution in [-0.2, 0) is 18.6 Å². The lowest BCUT2D eigenvalue weighted by atomic mass is 10.0. The number of H-pyrrole nitrogens is 1. The summed E-state index contributed by atoms with van der Waals surface area (Å²) in [5, 5.41) is 13.6. The Morgan fingerprint density at radius 2 is 1.97 bits per heavy atom. The highest BCUT2D eigenvalue weighted by Crippen LogP contribution is 2.28. The number of rotatable bonds is 9. The Morgan fingerprint density at radius 3 is 2.69 bits per heavy atom. The molecule has 1 fully saturated rings. The monoisotopic (exact) mass is 438 g/mol. The molecule has 2 aromatic heterocycles. The maximum atomic E-state index is 12.9. The standard InChI is InChI=1S/C24H34N6O2/c1-5-24(3,4)30-22(26-27-28-30)16-29(19-9-7-8-10-19)15-18-13-17-14-20(32-6-2)11-12-21(17)25-23(18)31/h11-14,19H,5-10,15-16H2,1-4H3,(H,25,31). The van der Waals surface area contributed by atoms with E-state index in [0.717, 1.165) is 47.3 Å². The number of nitrogens with one attached hydrogen (secondary N) is 1. The van der Waals surface area contributed by atoms with Crippen molar-refractivity contribution >= 4 is 10.9 Å². The van der Waals surface area contributed by atoms with Crippen LogP contribution in [0.5, 0.6) is 5.75 Å². The van der Waals surface area contributed by atoms with E-state index < -0.39 is 0 Å². The molecule has 0 bridgehead atoms. The number of aromatic amines is 1. The van der Waals surface area contributed by atoms with Crippen LogP contribution in [0.4, 0.5) is 0 Å². The highest BCUT2D eigenvalue weighted by atomic mass is 16.5. The van der Waals surface area contributed by atoms with Crippen molar-refractivity contribution in [3.05, 3.63) is 46.0 Å². The van der Waals surface area contributed by atoms with E-state index in [-0.39, 0.29) is 11.1 Å². The molecule has 32 heavy (non-hydrogen) atoms. The van der Waals surface area contributed by atoms with Gasteiger partial charge in [-0.25, -0.2) is 4.68 Å². The first-order valence-corrected chi connectivity index (χ1v) is 11.7. The van der Waals surface area contributed by atoms with E-state index in [1.807, 2.05) is 35.9 Å². The van der Waals surface area contributed by atoms with Gasteiger partial charge in [-0.3, -0.25) is 9.69 Å². The van der Waals surface area contributed by atoms with Gasteiger partial charge in [0.2, 0.25) is 0 Å². The molecule has 1 saturated carbocycles. The maximum Gasteiger partial charge on any atom is 0.252 e. The second kappa shape index (κ2) is 9.40. The summed E-state index contributed by atoms with van der Waals surface area (Å²) in [6.07, 6.45) is 5.65. The van der Waals surface area contributed by atoms with Crippen molar-refractivity contribution in [2.75, 3.05) is 6.61 Å². The van der Waals surface area contributed by atoms with Crippen molar-refractivity contribution in [3.63, 3.8) is 0 Å². The SMILES string of the molecule is CCOc1ccc2[nH]c(=O)c(CN(Cc3nnnn3C(C)(C)CC)C3CCCC3)cc2c1. The van der Waals surface area contributed by atoms with Crippen LogP contribution in [0.25, 0.3) is 10.9 Å². The zero-order valence-electron chi connectivity index (χ0n) is 19.6. The molecule has 2 heterocycles. The van der Waals surface area contributed by atoms with Gasteiger partial charge < -0.3 is 9.72 Å². The predicted molar refractivity (Wildman–Crippen MR) is 125 cm³/mol. The number of hydrogen-bond donors (Lipinski definition) is 1. The summed E-state index contributed by atoms with van der Waals surface area (Å²) >= 11 is 0. The average molecular weight is 439 g/mol. The van der Waals surface area contributed by atoms with E-state index >= 15 is 0 Å². The van der Waals surface area contributed by atoms with Gasteiger partial charge in [0, 0.05) is 29.1 Å². The molecule has 0 atom stereocenters. The zero-order chi connectivity index (χ0) is 22.7. The molecular weight excluding hydrogens is 404 g/mol. The fourth-order valence-corrected chi connectivity index (χ4v) is 4.51. The van der Waals surface area contributed by atoms with Gasteiger partial charge in [0.15, 0.2) is 5.82 Å². The molecule has 0 aliphatic heterocycles. The van der Waals surface area contributed by atoms with Crippen molar-refractivity contribution in [3.8, 4) is 5.75 Å². The van der Waals surface area contributed by atoms with E-state index in [9.17, 15) is 4.79 Å². The lowest BCUT2D eigenvalue weighted by Crippen LogP contribution is -2.37. The quantitative estimate of drug-likeness (QED) is 0.543. The van der Waals surface area contributed by atoms with Gasteiger partial charge in [0.25, 0.3) is 5.56 Å². The molecule has 8 nitrogen and oxygen atoms in total. The molecule has 0 radical (unpaired) electrons. The highest BCUT2D eigenvalue weighted by Gasteiger charge is 2.28. The maximum absolute atomic E-state index is 12.9. The van der Waals surface area contributed by atoms with Gasteiger partial charge in [-0.1, -0.05) is 19.8 Å². The summed E-state index contributed by atoms with van der Waals surface area (Å²) in [5.74, 6) is 1.66. The third kappa shape index (κ3) is 4.70. The summed E-state index contributed by atoms with van der Waals surface area (Å²) in [6, 6.07) is 8.21. The molecule has 1 aliphatic rings. The van der Waals surface area contributed by atoms with Crippen LogP contribution in [0.2, 0.25) is 0 Å². The van der Waals surface area contributed by atoms with E-state index in [1.54, 1.807) is 0 Å². The van der Waals surface area contributed by atoms with Gasteiger partial charge in [0.05, 0.1) is 18.7 Å². The van der Waals surface area contributed by atoms with E-state index in [4.69, 9.17) is 4.74 Å². The van der Waals surface area contributed by atoms with Crippen LogP contribution < -0.4 is 10.3 Å². The summed E-state index contributed by atoms with van der Waals surface area (Å²) < 4.78 is 7.58. The summed E-state index contributed by atoms with van der Waals surface area (Å²) in [7, 11) is 0. The first-order chi connectivity index (χ1) is 15.4. The number of benzene rings is 1. The molecule has 172 valence electrons. The minimum absolute atomic E-state index is 0.0434. The number of tetrazole rings is 1. The third-order valence-electron chi connectivity index (χ3n) is 6.74. The number of ether oxygens (including phenoxy) is 1. The molecular formula is C24H34N6O2. The van der Waals surface area contributed by atoms with E-state index in [1.165, 1.54) is 12.8 Å². The van der Waals surface area contributed by atoms with Crippen molar-refractivity contribution in [2.45, 2.75) is 84.5 Å². The number of nitrogens with zero attached hydrogens (tertiary/aromatic N) is 5. The van der Waals surface area contributed by atoms with Crippen LogP contribution in [0.3, 0.4) is 0 Å². The Morgan fingerprint density at radius 1 is 1.19 bits per heavy atom. The Kier molecular flexibility index (Phi) is 6.60. The van der Waals surface area contributed by atoms with Gasteiger partial charge in [-0.2, -0.15) is 0 Å². The number of pyridine rings is 1. The summed E-state index contributed by atoms with van der Waals surface area (Å²) in [6.45, 7) is 10.2. The first-order valence-electron chi connectivity index (χ1n) is 11.7. The highest BCUT2D eigenvalue weighted by molar-refractivity contribution is 5.80.